The van der Waals surface area contributed by atoms with Crippen molar-refractivity contribution in [3.05, 3.63) is 11.6 Å². The van der Waals surface area contributed by atoms with Crippen LogP contribution in [0.3, 0.4) is 0 Å². The predicted molar refractivity (Wildman–Crippen MR) is 105 cm³/mol. The van der Waals surface area contributed by atoms with Gasteiger partial charge in [-0.2, -0.15) is 0 Å². The van der Waals surface area contributed by atoms with Crippen molar-refractivity contribution in [3.8, 4) is 0 Å². The Hall–Kier alpha value is -1.96. The second-order valence-corrected chi connectivity index (χ2v) is 8.31. The highest BCUT2D eigenvalue weighted by Crippen LogP contribution is 2.31. The van der Waals surface area contributed by atoms with Crippen molar-refractivity contribution in [1.82, 2.24) is 29.5 Å². The van der Waals surface area contributed by atoms with Gasteiger partial charge in [0.25, 0.3) is 0 Å². The first-order valence-corrected chi connectivity index (χ1v) is 10.8. The fourth-order valence-corrected chi connectivity index (χ4v) is 4.80. The van der Waals surface area contributed by atoms with Gasteiger partial charge in [0.2, 0.25) is 11.8 Å². The van der Waals surface area contributed by atoms with E-state index in [-0.39, 0.29) is 17.9 Å². The van der Waals surface area contributed by atoms with Crippen LogP contribution in [0.2, 0.25) is 0 Å². The molecule has 4 heterocycles. The lowest BCUT2D eigenvalue weighted by molar-refractivity contribution is -0.134. The average molecular weight is 389 g/mol. The van der Waals surface area contributed by atoms with Gasteiger partial charge < -0.3 is 14.4 Å². The summed E-state index contributed by atoms with van der Waals surface area (Å²) in [6, 6.07) is 0.146. The van der Waals surface area contributed by atoms with Gasteiger partial charge in [0.15, 0.2) is 0 Å². The number of hydrogen-bond acceptors (Lipinski definition) is 5. The average Bonchev–Trinajstić information content (AvgIpc) is 2.99. The molecule has 0 bridgehead atoms. The van der Waals surface area contributed by atoms with Gasteiger partial charge in [-0.3, -0.25) is 14.5 Å². The van der Waals surface area contributed by atoms with Crippen LogP contribution >= 0.6 is 0 Å². The summed E-state index contributed by atoms with van der Waals surface area (Å²) < 4.78 is 2.21. The molecule has 0 saturated carbocycles. The Labute approximate surface area is 166 Å². The van der Waals surface area contributed by atoms with Crippen molar-refractivity contribution in [3.63, 3.8) is 0 Å². The Kier molecular flexibility index (Phi) is 5.94. The summed E-state index contributed by atoms with van der Waals surface area (Å²) in [4.78, 5) is 30.8. The second kappa shape index (κ2) is 8.59. The zero-order valence-electron chi connectivity index (χ0n) is 17.0. The molecule has 0 aliphatic carbocycles. The number of hydrogen-bond donors (Lipinski definition) is 0. The molecule has 3 aliphatic rings. The van der Waals surface area contributed by atoms with E-state index < -0.39 is 0 Å². The van der Waals surface area contributed by atoms with E-state index in [0.717, 1.165) is 76.4 Å². The van der Waals surface area contributed by atoms with E-state index in [9.17, 15) is 9.59 Å². The molecule has 1 unspecified atom stereocenters. The molecule has 2 amide bonds. The SMILES string of the molecule is CC(=O)N1CCc2nnc(C3CCCCN3CC(=O)N3CCCCC3)n2CC1. The fraction of sp³-hybridized carbons (Fsp3) is 0.800. The number of nitrogens with zero attached hydrogens (tertiary/aromatic N) is 6. The third-order valence-electron chi connectivity index (χ3n) is 6.46. The van der Waals surface area contributed by atoms with E-state index in [0.29, 0.717) is 19.6 Å². The molecule has 2 saturated heterocycles. The highest BCUT2D eigenvalue weighted by atomic mass is 16.2. The van der Waals surface area contributed by atoms with E-state index >= 15 is 0 Å². The van der Waals surface area contributed by atoms with Crippen molar-refractivity contribution in [2.45, 2.75) is 64.5 Å². The van der Waals surface area contributed by atoms with E-state index in [2.05, 4.69) is 19.7 Å². The molecular weight excluding hydrogens is 356 g/mol. The van der Waals surface area contributed by atoms with Crippen molar-refractivity contribution in [2.24, 2.45) is 0 Å². The zero-order chi connectivity index (χ0) is 19.5. The number of aromatic nitrogens is 3. The molecule has 2 fully saturated rings. The zero-order valence-corrected chi connectivity index (χ0v) is 17.0. The third-order valence-corrected chi connectivity index (χ3v) is 6.46. The summed E-state index contributed by atoms with van der Waals surface area (Å²) in [6.07, 6.45) is 7.52. The topological polar surface area (TPSA) is 74.6 Å². The molecule has 28 heavy (non-hydrogen) atoms. The number of rotatable bonds is 3. The predicted octanol–water partition coefficient (Wildman–Crippen LogP) is 1.22. The lowest BCUT2D eigenvalue weighted by atomic mass is 10.0. The summed E-state index contributed by atoms with van der Waals surface area (Å²) >= 11 is 0. The first-order valence-electron chi connectivity index (χ1n) is 10.8. The molecule has 0 aromatic carbocycles. The highest BCUT2D eigenvalue weighted by molar-refractivity contribution is 5.78. The first-order chi connectivity index (χ1) is 13.6. The number of amides is 2. The molecule has 0 N–H and O–H groups in total. The Morgan fingerprint density at radius 1 is 0.893 bits per heavy atom. The Bertz CT molecular complexity index is 712. The van der Waals surface area contributed by atoms with Gasteiger partial charge in [-0.05, 0) is 38.6 Å². The van der Waals surface area contributed by atoms with Crippen LogP contribution < -0.4 is 0 Å². The standard InChI is InChI=1S/C20H32N6O2/c1-16(27)23-12-8-18-21-22-20(26(18)14-13-23)17-7-3-6-11-25(17)15-19(28)24-9-4-2-5-10-24/h17H,2-15H2,1H3. The summed E-state index contributed by atoms with van der Waals surface area (Å²) in [6.45, 7) is 6.99. The molecule has 3 aliphatic heterocycles. The lowest BCUT2D eigenvalue weighted by Crippen LogP contribution is -2.45. The maximum atomic E-state index is 12.8. The summed E-state index contributed by atoms with van der Waals surface area (Å²) in [5.74, 6) is 2.31. The van der Waals surface area contributed by atoms with E-state index in [1.807, 2.05) is 9.80 Å². The van der Waals surface area contributed by atoms with Crippen molar-refractivity contribution in [1.29, 1.82) is 0 Å². The lowest BCUT2D eigenvalue weighted by Gasteiger charge is -2.36. The van der Waals surface area contributed by atoms with Gasteiger partial charge in [0.1, 0.15) is 11.6 Å². The minimum atomic E-state index is 0.117. The summed E-state index contributed by atoms with van der Waals surface area (Å²) in [5.41, 5.74) is 0. The minimum Gasteiger partial charge on any atom is -0.342 e. The van der Waals surface area contributed by atoms with Gasteiger partial charge in [-0.15, -0.1) is 10.2 Å². The minimum absolute atomic E-state index is 0.117. The van der Waals surface area contributed by atoms with Crippen LogP contribution in [0.25, 0.3) is 0 Å². The van der Waals surface area contributed by atoms with Crippen LogP contribution in [-0.2, 0) is 22.6 Å². The fourth-order valence-electron chi connectivity index (χ4n) is 4.80. The Morgan fingerprint density at radius 3 is 2.46 bits per heavy atom. The molecule has 0 spiro atoms. The molecule has 1 aromatic heterocycles. The Morgan fingerprint density at radius 2 is 1.68 bits per heavy atom. The van der Waals surface area contributed by atoms with Gasteiger partial charge in [0, 0.05) is 46.1 Å². The van der Waals surface area contributed by atoms with Crippen LogP contribution in [0.15, 0.2) is 0 Å². The van der Waals surface area contributed by atoms with E-state index in [1.165, 1.54) is 6.42 Å². The van der Waals surface area contributed by atoms with Crippen LogP contribution in [0, 0.1) is 0 Å². The smallest absolute Gasteiger partial charge is 0.236 e. The van der Waals surface area contributed by atoms with Gasteiger partial charge in [0.05, 0.1) is 12.6 Å². The monoisotopic (exact) mass is 388 g/mol. The van der Waals surface area contributed by atoms with Crippen LogP contribution in [0.1, 0.15) is 63.1 Å². The Balaban J connectivity index is 1.49. The number of likely N-dealkylation sites (tertiary alicyclic amines) is 2. The molecule has 8 heteroatoms. The van der Waals surface area contributed by atoms with Gasteiger partial charge in [-0.25, -0.2) is 0 Å². The number of piperidine rings is 2. The highest BCUT2D eigenvalue weighted by Gasteiger charge is 2.32. The second-order valence-electron chi connectivity index (χ2n) is 8.31. The largest absolute Gasteiger partial charge is 0.342 e. The number of carbonyl (C=O) groups is 2. The maximum Gasteiger partial charge on any atom is 0.236 e. The van der Waals surface area contributed by atoms with Crippen molar-refractivity contribution < 1.29 is 9.59 Å². The summed E-state index contributed by atoms with van der Waals surface area (Å²) in [5, 5.41) is 8.99. The normalized spacial score (nSPS) is 24.0. The van der Waals surface area contributed by atoms with Crippen LogP contribution in [-0.4, -0.2) is 80.5 Å². The third kappa shape index (κ3) is 4.06. The van der Waals surface area contributed by atoms with Gasteiger partial charge >= 0.3 is 0 Å². The molecule has 1 aromatic rings. The van der Waals surface area contributed by atoms with E-state index in [4.69, 9.17) is 0 Å². The van der Waals surface area contributed by atoms with Crippen molar-refractivity contribution in [2.75, 3.05) is 39.3 Å². The summed E-state index contributed by atoms with van der Waals surface area (Å²) in [7, 11) is 0. The molecule has 0 radical (unpaired) electrons. The molecular formula is C20H32N6O2. The quantitative estimate of drug-likeness (QED) is 0.778. The van der Waals surface area contributed by atoms with Crippen LogP contribution in [0.5, 0.6) is 0 Å². The first kappa shape index (κ1) is 19.4. The van der Waals surface area contributed by atoms with Gasteiger partial charge in [-0.1, -0.05) is 6.42 Å². The van der Waals surface area contributed by atoms with Crippen LogP contribution in [0.4, 0.5) is 0 Å². The number of fused-ring (bicyclic) bond motifs is 1. The number of carbonyl (C=O) groups excluding carboxylic acids is 2. The van der Waals surface area contributed by atoms with Crippen molar-refractivity contribution >= 4 is 11.8 Å². The maximum absolute atomic E-state index is 12.8. The molecule has 8 nitrogen and oxygen atoms in total. The van der Waals surface area contributed by atoms with E-state index in [1.54, 1.807) is 6.92 Å². The molecule has 4 rings (SSSR count). The molecule has 154 valence electrons. The molecule has 1 atom stereocenters.